The molecule has 15 heavy (non-hydrogen) atoms. The Hall–Kier alpha value is -1.01. The van der Waals surface area contributed by atoms with Crippen LogP contribution >= 0.6 is 0 Å². The van der Waals surface area contributed by atoms with Gasteiger partial charge in [-0.25, -0.2) is 0 Å². The van der Waals surface area contributed by atoms with Gasteiger partial charge in [0, 0.05) is 6.04 Å². The molecule has 0 spiro atoms. The van der Waals surface area contributed by atoms with Gasteiger partial charge in [-0.15, -0.1) is 6.42 Å². The first-order valence-electron chi connectivity index (χ1n) is 5.59. The van der Waals surface area contributed by atoms with Gasteiger partial charge in [0.05, 0.1) is 13.1 Å². The molecule has 1 amide bonds. The Balaban J connectivity index is 3.80. The molecule has 1 atom stereocenters. The lowest BCUT2D eigenvalue weighted by atomic mass is 9.95. The van der Waals surface area contributed by atoms with E-state index in [1.54, 1.807) is 0 Å². The molecule has 0 aromatic rings. The van der Waals surface area contributed by atoms with Crippen molar-refractivity contribution in [3.63, 3.8) is 0 Å². The van der Waals surface area contributed by atoms with Crippen LogP contribution in [0.4, 0.5) is 0 Å². The number of amides is 1. The summed E-state index contributed by atoms with van der Waals surface area (Å²) in [7, 11) is 0. The smallest absolute Gasteiger partial charge is 0.234 e. The van der Waals surface area contributed by atoms with Crippen molar-refractivity contribution in [3.05, 3.63) is 0 Å². The zero-order valence-corrected chi connectivity index (χ0v) is 9.97. The molecule has 0 rings (SSSR count). The van der Waals surface area contributed by atoms with E-state index in [2.05, 4.69) is 37.3 Å². The van der Waals surface area contributed by atoms with Crippen LogP contribution in [0.5, 0.6) is 0 Å². The van der Waals surface area contributed by atoms with Crippen molar-refractivity contribution in [1.29, 1.82) is 0 Å². The highest BCUT2D eigenvalue weighted by Gasteiger charge is 2.14. The van der Waals surface area contributed by atoms with E-state index in [4.69, 9.17) is 6.42 Å². The Labute approximate surface area is 93.0 Å². The van der Waals surface area contributed by atoms with E-state index in [0.717, 1.165) is 12.8 Å². The van der Waals surface area contributed by atoms with Gasteiger partial charge in [0.15, 0.2) is 0 Å². The molecular weight excluding hydrogens is 188 g/mol. The third-order valence-electron chi connectivity index (χ3n) is 2.66. The Morgan fingerprint density at radius 2 is 2.00 bits per heavy atom. The van der Waals surface area contributed by atoms with Crippen molar-refractivity contribution >= 4 is 5.91 Å². The fraction of sp³-hybridized carbons (Fsp3) is 0.750. The maximum Gasteiger partial charge on any atom is 0.234 e. The van der Waals surface area contributed by atoms with Crippen molar-refractivity contribution in [1.82, 2.24) is 10.6 Å². The molecule has 2 N–H and O–H groups in total. The van der Waals surface area contributed by atoms with Crippen molar-refractivity contribution in [2.24, 2.45) is 5.92 Å². The standard InChI is InChI=1S/C12H22N2O/c1-5-8-13-9-12(15)14-10(4)11(6-2)7-3/h1,10-11,13H,6-9H2,2-4H3,(H,14,15). The molecule has 0 aliphatic carbocycles. The Bertz CT molecular complexity index is 216. The summed E-state index contributed by atoms with van der Waals surface area (Å²) in [4.78, 5) is 11.4. The van der Waals surface area contributed by atoms with E-state index in [9.17, 15) is 4.79 Å². The topological polar surface area (TPSA) is 41.1 Å². The number of nitrogens with one attached hydrogen (secondary N) is 2. The molecule has 3 nitrogen and oxygen atoms in total. The van der Waals surface area contributed by atoms with Crippen molar-refractivity contribution in [2.75, 3.05) is 13.1 Å². The van der Waals surface area contributed by atoms with Crippen LogP contribution < -0.4 is 10.6 Å². The molecule has 0 aliphatic rings. The summed E-state index contributed by atoms with van der Waals surface area (Å²) in [5, 5.41) is 5.84. The van der Waals surface area contributed by atoms with Gasteiger partial charge in [-0.05, 0) is 12.8 Å². The van der Waals surface area contributed by atoms with Crippen molar-refractivity contribution in [2.45, 2.75) is 39.7 Å². The van der Waals surface area contributed by atoms with Gasteiger partial charge >= 0.3 is 0 Å². The average molecular weight is 210 g/mol. The lowest BCUT2D eigenvalue weighted by Gasteiger charge is -2.22. The Morgan fingerprint density at radius 3 is 2.47 bits per heavy atom. The number of rotatable bonds is 7. The monoisotopic (exact) mass is 210 g/mol. The SMILES string of the molecule is C#CCNCC(=O)NC(C)C(CC)CC. The summed E-state index contributed by atoms with van der Waals surface area (Å²) in [6, 6.07) is 0.236. The number of hydrogen-bond acceptors (Lipinski definition) is 2. The molecule has 86 valence electrons. The molecule has 0 bridgehead atoms. The predicted molar refractivity (Wildman–Crippen MR) is 63.4 cm³/mol. The van der Waals surface area contributed by atoms with Crippen LogP contribution in [-0.2, 0) is 4.79 Å². The van der Waals surface area contributed by atoms with Crippen molar-refractivity contribution < 1.29 is 4.79 Å². The summed E-state index contributed by atoms with van der Waals surface area (Å²) in [5.74, 6) is 3.01. The number of hydrogen-bond donors (Lipinski definition) is 2. The number of terminal acetylenes is 1. The normalized spacial score (nSPS) is 12.2. The third kappa shape index (κ3) is 6.14. The van der Waals surface area contributed by atoms with Crippen LogP contribution in [0.2, 0.25) is 0 Å². The highest BCUT2D eigenvalue weighted by atomic mass is 16.1. The van der Waals surface area contributed by atoms with E-state index in [1.165, 1.54) is 0 Å². The summed E-state index contributed by atoms with van der Waals surface area (Å²) in [6.45, 7) is 7.08. The maximum atomic E-state index is 11.4. The van der Waals surface area contributed by atoms with Crippen molar-refractivity contribution in [3.8, 4) is 12.3 Å². The summed E-state index contributed by atoms with van der Waals surface area (Å²) in [5.41, 5.74) is 0. The van der Waals surface area contributed by atoms with Gasteiger partial charge in [-0.3, -0.25) is 10.1 Å². The van der Waals surface area contributed by atoms with Crippen LogP contribution in [-0.4, -0.2) is 25.0 Å². The number of carbonyl (C=O) groups excluding carboxylic acids is 1. The largest absolute Gasteiger partial charge is 0.352 e. The highest BCUT2D eigenvalue weighted by Crippen LogP contribution is 2.12. The minimum absolute atomic E-state index is 0.0182. The Kier molecular flexibility index (Phi) is 7.75. The van der Waals surface area contributed by atoms with Gasteiger partial charge in [0.2, 0.25) is 5.91 Å². The van der Waals surface area contributed by atoms with Crippen LogP contribution in [0.1, 0.15) is 33.6 Å². The van der Waals surface area contributed by atoms with Gasteiger partial charge in [-0.1, -0.05) is 32.6 Å². The molecular formula is C12H22N2O. The van der Waals surface area contributed by atoms with Gasteiger partial charge < -0.3 is 5.32 Å². The second-order valence-corrected chi connectivity index (χ2v) is 3.74. The van der Waals surface area contributed by atoms with Gasteiger partial charge in [0.25, 0.3) is 0 Å². The first-order valence-corrected chi connectivity index (χ1v) is 5.59. The lowest BCUT2D eigenvalue weighted by molar-refractivity contribution is -0.121. The first kappa shape index (κ1) is 14.0. The fourth-order valence-corrected chi connectivity index (χ4v) is 1.67. The predicted octanol–water partition coefficient (Wildman–Crippen LogP) is 1.15. The van der Waals surface area contributed by atoms with Crippen LogP contribution in [0.25, 0.3) is 0 Å². The molecule has 0 aromatic heterocycles. The molecule has 0 aliphatic heterocycles. The molecule has 0 aromatic carbocycles. The third-order valence-corrected chi connectivity index (χ3v) is 2.66. The van der Waals surface area contributed by atoms with E-state index in [-0.39, 0.29) is 11.9 Å². The molecule has 0 saturated carbocycles. The van der Waals surface area contributed by atoms with Gasteiger partial charge in [-0.2, -0.15) is 0 Å². The zero-order valence-electron chi connectivity index (χ0n) is 9.97. The van der Waals surface area contributed by atoms with E-state index >= 15 is 0 Å². The van der Waals surface area contributed by atoms with Gasteiger partial charge in [0.1, 0.15) is 0 Å². The van der Waals surface area contributed by atoms with E-state index in [0.29, 0.717) is 19.0 Å². The quantitative estimate of drug-likeness (QED) is 0.489. The molecule has 0 heterocycles. The minimum Gasteiger partial charge on any atom is -0.352 e. The van der Waals surface area contributed by atoms with Crippen LogP contribution in [0.15, 0.2) is 0 Å². The molecule has 0 saturated heterocycles. The van der Waals surface area contributed by atoms with E-state index in [1.807, 2.05) is 0 Å². The van der Waals surface area contributed by atoms with Crippen LogP contribution in [0, 0.1) is 18.3 Å². The fourth-order valence-electron chi connectivity index (χ4n) is 1.67. The van der Waals surface area contributed by atoms with E-state index < -0.39 is 0 Å². The number of carbonyl (C=O) groups is 1. The maximum absolute atomic E-state index is 11.4. The summed E-state index contributed by atoms with van der Waals surface area (Å²) < 4.78 is 0. The molecule has 3 heteroatoms. The average Bonchev–Trinajstić information content (AvgIpc) is 2.20. The molecule has 0 radical (unpaired) electrons. The Morgan fingerprint density at radius 1 is 1.40 bits per heavy atom. The van der Waals surface area contributed by atoms with Crippen LogP contribution in [0.3, 0.4) is 0 Å². The molecule has 0 fully saturated rings. The lowest BCUT2D eigenvalue weighted by Crippen LogP contribution is -2.42. The zero-order chi connectivity index (χ0) is 11.7. The summed E-state index contributed by atoms with van der Waals surface area (Å²) in [6.07, 6.45) is 7.25. The minimum atomic E-state index is 0.0182. The summed E-state index contributed by atoms with van der Waals surface area (Å²) >= 11 is 0. The molecule has 1 unspecified atom stereocenters. The second-order valence-electron chi connectivity index (χ2n) is 3.74. The second kappa shape index (κ2) is 8.31. The highest BCUT2D eigenvalue weighted by molar-refractivity contribution is 5.78. The first-order chi connectivity index (χ1) is 7.15.